The van der Waals surface area contributed by atoms with E-state index in [2.05, 4.69) is 5.32 Å². The van der Waals surface area contributed by atoms with Crippen LogP contribution in [0.25, 0.3) is 0 Å². The van der Waals surface area contributed by atoms with Crippen LogP contribution in [-0.2, 0) is 11.0 Å². The molecule has 0 unspecified atom stereocenters. The average molecular weight is 278 g/mol. The molecule has 0 saturated heterocycles. The van der Waals surface area contributed by atoms with E-state index in [-0.39, 0.29) is 18.1 Å². The molecule has 7 heteroatoms. The summed E-state index contributed by atoms with van der Waals surface area (Å²) in [7, 11) is 1.58. The highest BCUT2D eigenvalue weighted by Crippen LogP contribution is 2.31. The number of benzene rings is 1. The summed E-state index contributed by atoms with van der Waals surface area (Å²) in [5, 5.41) is 2.47. The van der Waals surface area contributed by atoms with Crippen molar-refractivity contribution in [3.05, 3.63) is 29.6 Å². The van der Waals surface area contributed by atoms with Gasteiger partial charge in [0.15, 0.2) is 0 Å². The number of hydrogen-bond acceptors (Lipinski definition) is 2. The smallest absolute Gasteiger partial charge is 0.374 e. The molecule has 0 bridgehead atoms. The van der Waals surface area contributed by atoms with Crippen molar-refractivity contribution in [1.29, 1.82) is 0 Å². The topological polar surface area (TPSA) is 32.3 Å². The summed E-state index contributed by atoms with van der Waals surface area (Å²) in [6.45, 7) is 2.10. The number of likely N-dealkylation sites (N-methyl/N-ethyl adjacent to an activating group) is 1. The zero-order valence-corrected chi connectivity index (χ0v) is 10.5. The van der Waals surface area contributed by atoms with E-state index in [1.165, 1.54) is 4.90 Å². The zero-order valence-electron chi connectivity index (χ0n) is 10.5. The Bertz CT molecular complexity index is 460. The molecule has 0 heterocycles. The van der Waals surface area contributed by atoms with Gasteiger partial charge in [-0.3, -0.25) is 4.79 Å². The van der Waals surface area contributed by atoms with Crippen molar-refractivity contribution < 1.29 is 22.4 Å². The van der Waals surface area contributed by atoms with Crippen LogP contribution in [0.1, 0.15) is 12.5 Å². The van der Waals surface area contributed by atoms with Crippen molar-refractivity contribution >= 4 is 11.6 Å². The van der Waals surface area contributed by atoms with E-state index in [0.717, 1.165) is 12.1 Å². The largest absolute Gasteiger partial charge is 0.416 e. The Labute approximate surface area is 108 Å². The van der Waals surface area contributed by atoms with Crippen molar-refractivity contribution in [2.75, 3.05) is 25.5 Å². The molecule has 1 aromatic carbocycles. The van der Waals surface area contributed by atoms with Crippen LogP contribution in [0.3, 0.4) is 0 Å². The van der Waals surface area contributed by atoms with E-state index in [9.17, 15) is 22.4 Å². The van der Waals surface area contributed by atoms with Gasteiger partial charge in [-0.2, -0.15) is 13.2 Å². The third-order valence-corrected chi connectivity index (χ3v) is 2.63. The number of nitrogens with one attached hydrogen (secondary N) is 1. The third-order valence-electron chi connectivity index (χ3n) is 2.63. The fraction of sp³-hybridized carbons (Fsp3) is 0.417. The van der Waals surface area contributed by atoms with Gasteiger partial charge in [0, 0.05) is 13.6 Å². The lowest BCUT2D eigenvalue weighted by Gasteiger charge is -2.16. The molecular weight excluding hydrogens is 264 g/mol. The van der Waals surface area contributed by atoms with Gasteiger partial charge in [-0.15, -0.1) is 0 Å². The van der Waals surface area contributed by atoms with Crippen molar-refractivity contribution in [3.8, 4) is 0 Å². The molecule has 0 radical (unpaired) electrons. The van der Waals surface area contributed by atoms with Crippen molar-refractivity contribution in [1.82, 2.24) is 4.90 Å². The molecule has 106 valence electrons. The van der Waals surface area contributed by atoms with Crippen LogP contribution in [0, 0.1) is 5.82 Å². The molecule has 1 aromatic rings. The van der Waals surface area contributed by atoms with E-state index >= 15 is 0 Å². The minimum atomic E-state index is -4.59. The first-order valence-electron chi connectivity index (χ1n) is 5.60. The molecule has 0 saturated carbocycles. The zero-order chi connectivity index (χ0) is 14.6. The lowest BCUT2D eigenvalue weighted by molar-refractivity contribution is -0.137. The standard InChI is InChI=1S/C12H14F4N2O/c1-3-18(2)11(19)7-17-10-5-4-8(6-9(10)13)12(14,15)16/h4-6,17H,3,7H2,1-2H3. The molecule has 0 aliphatic carbocycles. The molecule has 19 heavy (non-hydrogen) atoms. The maximum Gasteiger partial charge on any atom is 0.416 e. The first-order valence-corrected chi connectivity index (χ1v) is 5.60. The second-order valence-corrected chi connectivity index (χ2v) is 3.95. The highest BCUT2D eigenvalue weighted by molar-refractivity contribution is 5.80. The van der Waals surface area contributed by atoms with Gasteiger partial charge < -0.3 is 10.2 Å². The van der Waals surface area contributed by atoms with Crippen LogP contribution in [0.4, 0.5) is 23.2 Å². The molecule has 1 amide bonds. The van der Waals surface area contributed by atoms with Crippen molar-refractivity contribution in [2.24, 2.45) is 0 Å². The van der Waals surface area contributed by atoms with Gasteiger partial charge in [-0.25, -0.2) is 4.39 Å². The van der Waals surface area contributed by atoms with Gasteiger partial charge in [0.2, 0.25) is 5.91 Å². The Morgan fingerprint density at radius 2 is 2.00 bits per heavy atom. The van der Waals surface area contributed by atoms with E-state index in [4.69, 9.17) is 0 Å². The van der Waals surface area contributed by atoms with Crippen LogP contribution in [-0.4, -0.2) is 30.9 Å². The van der Waals surface area contributed by atoms with Crippen LogP contribution < -0.4 is 5.32 Å². The summed E-state index contributed by atoms with van der Waals surface area (Å²) in [5.74, 6) is -1.32. The molecule has 0 fully saturated rings. The fourth-order valence-corrected chi connectivity index (χ4v) is 1.32. The summed E-state index contributed by atoms with van der Waals surface area (Å²) >= 11 is 0. The SMILES string of the molecule is CCN(C)C(=O)CNc1ccc(C(F)(F)F)cc1F. The Kier molecular flexibility index (Phi) is 4.74. The predicted molar refractivity (Wildman–Crippen MR) is 63.2 cm³/mol. The first-order chi connectivity index (χ1) is 8.75. The molecule has 0 spiro atoms. The summed E-state index contributed by atoms with van der Waals surface area (Å²) in [6, 6.07) is 2.13. The van der Waals surface area contributed by atoms with Gasteiger partial charge in [0.1, 0.15) is 5.82 Å². The summed E-state index contributed by atoms with van der Waals surface area (Å²) in [4.78, 5) is 12.9. The van der Waals surface area contributed by atoms with Gasteiger partial charge in [0.25, 0.3) is 0 Å². The Morgan fingerprint density at radius 3 is 2.47 bits per heavy atom. The quantitative estimate of drug-likeness (QED) is 0.859. The minimum absolute atomic E-state index is 0.133. The predicted octanol–water partition coefficient (Wildman–Crippen LogP) is 2.73. The number of carbonyl (C=O) groups excluding carboxylic acids is 1. The molecule has 1 N–H and O–H groups in total. The van der Waals surface area contributed by atoms with Gasteiger partial charge in [-0.1, -0.05) is 0 Å². The molecular formula is C12H14F4N2O. The highest BCUT2D eigenvalue weighted by atomic mass is 19.4. The van der Waals surface area contributed by atoms with E-state index in [1.807, 2.05) is 0 Å². The normalized spacial score (nSPS) is 11.3. The fourth-order valence-electron chi connectivity index (χ4n) is 1.32. The van der Waals surface area contributed by atoms with Crippen molar-refractivity contribution in [3.63, 3.8) is 0 Å². The van der Waals surface area contributed by atoms with Crippen molar-refractivity contribution in [2.45, 2.75) is 13.1 Å². The van der Waals surface area contributed by atoms with Crippen LogP contribution in [0.5, 0.6) is 0 Å². The summed E-state index contributed by atoms with van der Waals surface area (Å²) in [6.07, 6.45) is -4.59. The number of alkyl halides is 3. The van der Waals surface area contributed by atoms with Gasteiger partial charge >= 0.3 is 6.18 Å². The number of halogens is 4. The summed E-state index contributed by atoms with van der Waals surface area (Å²) < 4.78 is 50.4. The first kappa shape index (κ1) is 15.3. The third kappa shape index (κ3) is 4.11. The number of anilines is 1. The second kappa shape index (κ2) is 5.90. The molecule has 0 aliphatic heterocycles. The number of hydrogen-bond donors (Lipinski definition) is 1. The second-order valence-electron chi connectivity index (χ2n) is 3.95. The lowest BCUT2D eigenvalue weighted by atomic mass is 10.2. The van der Waals surface area contributed by atoms with E-state index in [0.29, 0.717) is 12.6 Å². The Morgan fingerprint density at radius 1 is 1.37 bits per heavy atom. The number of rotatable bonds is 4. The monoisotopic (exact) mass is 278 g/mol. The molecule has 3 nitrogen and oxygen atoms in total. The Balaban J connectivity index is 2.74. The maximum absolute atomic E-state index is 13.4. The van der Waals surface area contributed by atoms with Crippen LogP contribution >= 0.6 is 0 Å². The average Bonchev–Trinajstić information content (AvgIpc) is 2.34. The maximum atomic E-state index is 13.4. The number of amides is 1. The van der Waals surface area contributed by atoms with Gasteiger partial charge in [-0.05, 0) is 25.1 Å². The number of nitrogens with zero attached hydrogens (tertiary/aromatic N) is 1. The minimum Gasteiger partial charge on any atom is -0.374 e. The molecule has 0 aliphatic rings. The van der Waals surface area contributed by atoms with E-state index < -0.39 is 17.6 Å². The molecule has 0 aromatic heterocycles. The van der Waals surface area contributed by atoms with Crippen LogP contribution in [0.15, 0.2) is 18.2 Å². The lowest BCUT2D eigenvalue weighted by Crippen LogP contribution is -2.32. The Hall–Kier alpha value is -1.79. The highest BCUT2D eigenvalue weighted by Gasteiger charge is 2.31. The molecule has 0 atom stereocenters. The number of carbonyl (C=O) groups is 1. The summed E-state index contributed by atoms with van der Waals surface area (Å²) in [5.41, 5.74) is -1.20. The molecule has 1 rings (SSSR count). The van der Waals surface area contributed by atoms with Crippen LogP contribution in [0.2, 0.25) is 0 Å². The van der Waals surface area contributed by atoms with E-state index in [1.54, 1.807) is 14.0 Å². The van der Waals surface area contributed by atoms with Gasteiger partial charge in [0.05, 0.1) is 17.8 Å².